The van der Waals surface area contributed by atoms with E-state index in [1.807, 2.05) is 8.93 Å². The van der Waals surface area contributed by atoms with Crippen molar-refractivity contribution in [2.75, 3.05) is 0 Å². The van der Waals surface area contributed by atoms with Crippen molar-refractivity contribution in [2.45, 2.75) is 38.4 Å². The van der Waals surface area contributed by atoms with Gasteiger partial charge in [0.05, 0.1) is 0 Å². The maximum absolute atomic E-state index is 2.39. The molecule has 0 radical (unpaired) electrons. The molecule has 2 heteroatoms. The van der Waals surface area contributed by atoms with Crippen LogP contribution in [0.5, 0.6) is 0 Å². The van der Waals surface area contributed by atoms with Crippen LogP contribution in [0, 0.1) is 0 Å². The molecule has 0 fully saturated rings. The molecular weight excluding hydrogens is 231 g/mol. The summed E-state index contributed by atoms with van der Waals surface area (Å²) in [6.07, 6.45) is 4.03. The molecule has 0 saturated heterocycles. The van der Waals surface area contributed by atoms with Gasteiger partial charge in [-0.05, 0) is 34.0 Å². The normalized spacial score (nSPS) is 13.9. The quantitative estimate of drug-likeness (QED) is 0.680. The molecule has 1 unspecified atom stereocenters. The summed E-state index contributed by atoms with van der Waals surface area (Å²) in [5, 5.41) is 0.903. The fourth-order valence-electron chi connectivity index (χ4n) is 0.634. The SMILES string of the molecule is CCCC(CC)SI. The average molecular weight is 244 g/mol. The highest BCUT2D eigenvalue weighted by Crippen LogP contribution is 2.25. The van der Waals surface area contributed by atoms with E-state index in [0.717, 1.165) is 5.25 Å². The van der Waals surface area contributed by atoms with Crippen molar-refractivity contribution in [3.05, 3.63) is 0 Å². The van der Waals surface area contributed by atoms with Gasteiger partial charge in [0.15, 0.2) is 0 Å². The highest BCUT2D eigenvalue weighted by molar-refractivity contribution is 14.2. The molecule has 0 nitrogen and oxygen atoms in total. The second-order valence-electron chi connectivity index (χ2n) is 1.91. The lowest BCUT2D eigenvalue weighted by Crippen LogP contribution is -1.95. The Morgan fingerprint density at radius 1 is 1.50 bits per heavy atom. The van der Waals surface area contributed by atoms with Gasteiger partial charge in [-0.3, -0.25) is 0 Å². The summed E-state index contributed by atoms with van der Waals surface area (Å²) >= 11 is 2.39. The lowest BCUT2D eigenvalue weighted by Gasteiger charge is -2.06. The molecule has 0 aromatic rings. The minimum atomic E-state index is 0.903. The minimum absolute atomic E-state index is 0.903. The molecule has 0 heterocycles. The Balaban J connectivity index is 3.07. The van der Waals surface area contributed by atoms with E-state index < -0.39 is 0 Å². The van der Waals surface area contributed by atoms with E-state index in [2.05, 4.69) is 35.1 Å². The summed E-state index contributed by atoms with van der Waals surface area (Å²) in [6.45, 7) is 4.50. The summed E-state index contributed by atoms with van der Waals surface area (Å²) in [4.78, 5) is 0. The van der Waals surface area contributed by atoms with Gasteiger partial charge in [0.25, 0.3) is 0 Å². The maximum atomic E-state index is 2.39. The van der Waals surface area contributed by atoms with Crippen LogP contribution < -0.4 is 0 Å². The lowest BCUT2D eigenvalue weighted by molar-refractivity contribution is 0.723. The van der Waals surface area contributed by atoms with Crippen LogP contribution in [0.15, 0.2) is 0 Å². The molecule has 50 valence electrons. The molecule has 0 aromatic heterocycles. The third-order valence-electron chi connectivity index (χ3n) is 1.19. The van der Waals surface area contributed by atoms with Gasteiger partial charge in [-0.15, -0.1) is 0 Å². The minimum Gasteiger partial charge on any atom is -0.0860 e. The molecule has 0 rings (SSSR count). The average Bonchev–Trinajstić information content (AvgIpc) is 1.83. The first kappa shape index (κ1) is 9.08. The summed E-state index contributed by atoms with van der Waals surface area (Å²) in [7, 11) is 1.96. The summed E-state index contributed by atoms with van der Waals surface area (Å²) in [6, 6.07) is 0. The number of halogens is 1. The summed E-state index contributed by atoms with van der Waals surface area (Å²) in [5.74, 6) is 0. The first-order valence-electron chi connectivity index (χ1n) is 3.12. The topological polar surface area (TPSA) is 0 Å². The molecule has 8 heavy (non-hydrogen) atoms. The van der Waals surface area contributed by atoms with Gasteiger partial charge in [-0.1, -0.05) is 29.2 Å². The van der Waals surface area contributed by atoms with Gasteiger partial charge in [0.2, 0.25) is 0 Å². The zero-order chi connectivity index (χ0) is 6.41. The first-order chi connectivity index (χ1) is 3.85. The van der Waals surface area contributed by atoms with E-state index in [1.165, 1.54) is 19.3 Å². The maximum Gasteiger partial charge on any atom is 0.0145 e. The van der Waals surface area contributed by atoms with Crippen molar-refractivity contribution < 1.29 is 0 Å². The van der Waals surface area contributed by atoms with E-state index in [9.17, 15) is 0 Å². The number of hydrogen-bond acceptors (Lipinski definition) is 1. The molecule has 0 saturated carbocycles. The Bertz CT molecular complexity index is 43.8. The molecule has 0 aliphatic rings. The van der Waals surface area contributed by atoms with E-state index >= 15 is 0 Å². The van der Waals surface area contributed by atoms with Crippen LogP contribution in [0.4, 0.5) is 0 Å². The largest absolute Gasteiger partial charge is 0.0860 e. The van der Waals surface area contributed by atoms with E-state index in [0.29, 0.717) is 0 Å². The zero-order valence-electron chi connectivity index (χ0n) is 5.48. The molecule has 1 atom stereocenters. The molecule has 0 spiro atoms. The van der Waals surface area contributed by atoms with Crippen LogP contribution in [-0.4, -0.2) is 5.25 Å². The molecule has 0 bridgehead atoms. The van der Waals surface area contributed by atoms with Crippen LogP contribution in [0.25, 0.3) is 0 Å². The predicted molar refractivity (Wildman–Crippen MR) is 50.6 cm³/mol. The third-order valence-corrected chi connectivity index (χ3v) is 4.17. The molecule has 0 aliphatic heterocycles. The van der Waals surface area contributed by atoms with Gasteiger partial charge in [0.1, 0.15) is 0 Å². The van der Waals surface area contributed by atoms with Crippen molar-refractivity contribution in [2.24, 2.45) is 0 Å². The fraction of sp³-hybridized carbons (Fsp3) is 1.00. The van der Waals surface area contributed by atoms with E-state index in [4.69, 9.17) is 0 Å². The third kappa shape index (κ3) is 4.01. The zero-order valence-corrected chi connectivity index (χ0v) is 8.46. The van der Waals surface area contributed by atoms with Gasteiger partial charge in [-0.25, -0.2) is 0 Å². The first-order valence-corrected chi connectivity index (χ1v) is 6.54. The van der Waals surface area contributed by atoms with Gasteiger partial charge >= 0.3 is 0 Å². The van der Waals surface area contributed by atoms with Gasteiger partial charge in [-0.2, -0.15) is 0 Å². The van der Waals surface area contributed by atoms with Crippen molar-refractivity contribution in [1.29, 1.82) is 0 Å². The van der Waals surface area contributed by atoms with Crippen LogP contribution in [-0.2, 0) is 0 Å². The van der Waals surface area contributed by atoms with Crippen molar-refractivity contribution in [1.82, 2.24) is 0 Å². The second kappa shape index (κ2) is 6.20. The highest BCUT2D eigenvalue weighted by atomic mass is 127. The number of hydrogen-bond donors (Lipinski definition) is 0. The molecule has 0 amide bonds. The van der Waals surface area contributed by atoms with Crippen molar-refractivity contribution in [3.8, 4) is 0 Å². The Labute approximate surface area is 68.4 Å². The van der Waals surface area contributed by atoms with Gasteiger partial charge in [0, 0.05) is 5.25 Å². The highest BCUT2D eigenvalue weighted by Gasteiger charge is 2.00. The number of rotatable bonds is 4. The van der Waals surface area contributed by atoms with Gasteiger partial charge < -0.3 is 0 Å². The Hall–Kier alpha value is 1.08. The monoisotopic (exact) mass is 244 g/mol. The van der Waals surface area contributed by atoms with Crippen LogP contribution in [0.3, 0.4) is 0 Å². The van der Waals surface area contributed by atoms with Crippen LogP contribution >= 0.6 is 30.1 Å². The Kier molecular flexibility index (Phi) is 7.04. The smallest absolute Gasteiger partial charge is 0.0145 e. The van der Waals surface area contributed by atoms with E-state index in [-0.39, 0.29) is 0 Å². The molecule has 0 aromatic carbocycles. The lowest BCUT2D eigenvalue weighted by atomic mass is 10.2. The second-order valence-corrected chi connectivity index (χ2v) is 4.28. The predicted octanol–water partition coefficient (Wildman–Crippen LogP) is 3.65. The van der Waals surface area contributed by atoms with Crippen LogP contribution in [0.2, 0.25) is 0 Å². The van der Waals surface area contributed by atoms with Crippen molar-refractivity contribution >= 4 is 30.1 Å². The summed E-state index contributed by atoms with van der Waals surface area (Å²) < 4.78 is 0. The van der Waals surface area contributed by atoms with Crippen LogP contribution in [0.1, 0.15) is 33.1 Å². The molecular formula is C6H13IS. The Morgan fingerprint density at radius 2 is 2.12 bits per heavy atom. The van der Waals surface area contributed by atoms with Crippen molar-refractivity contribution in [3.63, 3.8) is 0 Å². The van der Waals surface area contributed by atoms with E-state index in [1.54, 1.807) is 0 Å². The standard InChI is InChI=1S/C6H13IS/c1-3-5-6(4-2)8-7/h6H,3-5H2,1-2H3. The summed E-state index contributed by atoms with van der Waals surface area (Å²) in [5.41, 5.74) is 0. The fourth-order valence-corrected chi connectivity index (χ4v) is 2.93. The molecule has 0 N–H and O–H groups in total. The Morgan fingerprint density at radius 3 is 2.25 bits per heavy atom. The molecule has 0 aliphatic carbocycles.